The van der Waals surface area contributed by atoms with E-state index in [9.17, 15) is 4.21 Å². The number of hydrogen-bond acceptors (Lipinski definition) is 3. The molecule has 1 N–H and O–H groups in total. The highest BCUT2D eigenvalue weighted by atomic mass is 32.2. The molecule has 0 saturated carbocycles. The van der Waals surface area contributed by atoms with Gasteiger partial charge in [-0.15, -0.1) is 0 Å². The smallest absolute Gasteiger partial charge is 0.119 e. The molecule has 2 atom stereocenters. The molecule has 0 aliphatic heterocycles. The van der Waals surface area contributed by atoms with E-state index in [1.165, 1.54) is 17.5 Å². The summed E-state index contributed by atoms with van der Waals surface area (Å²) >= 11 is 0. The van der Waals surface area contributed by atoms with E-state index in [4.69, 9.17) is 4.74 Å². The Bertz CT molecular complexity index is 508. The van der Waals surface area contributed by atoms with Crippen LogP contribution in [-0.4, -0.2) is 28.4 Å². The molecule has 1 aromatic carbocycles. The van der Waals surface area contributed by atoms with E-state index in [0.29, 0.717) is 11.8 Å². The summed E-state index contributed by atoms with van der Waals surface area (Å²) in [5.41, 5.74) is 2.76. The first-order valence-corrected chi connectivity index (χ1v) is 9.02. The van der Waals surface area contributed by atoms with Crippen LogP contribution in [0.25, 0.3) is 0 Å². The van der Waals surface area contributed by atoms with Crippen molar-refractivity contribution in [2.45, 2.75) is 50.8 Å². The molecule has 0 bridgehead atoms. The molecule has 0 fully saturated rings. The molecule has 1 aliphatic rings. The van der Waals surface area contributed by atoms with Gasteiger partial charge in [-0.3, -0.25) is 4.21 Å². The van der Waals surface area contributed by atoms with Crippen molar-refractivity contribution in [1.82, 2.24) is 5.32 Å². The topological polar surface area (TPSA) is 38.3 Å². The third-order valence-corrected chi connectivity index (χ3v) is 5.97. The Morgan fingerprint density at radius 3 is 2.81 bits per heavy atom. The van der Waals surface area contributed by atoms with Crippen LogP contribution in [0.5, 0.6) is 5.75 Å². The van der Waals surface area contributed by atoms with E-state index in [-0.39, 0.29) is 4.75 Å². The van der Waals surface area contributed by atoms with Crippen molar-refractivity contribution < 1.29 is 8.95 Å². The molecule has 0 radical (unpaired) electrons. The maximum Gasteiger partial charge on any atom is 0.119 e. The van der Waals surface area contributed by atoms with Crippen LogP contribution in [0, 0.1) is 0 Å². The molecule has 4 heteroatoms. The van der Waals surface area contributed by atoms with Gasteiger partial charge < -0.3 is 10.1 Å². The average Bonchev–Trinajstić information content (AvgIpc) is 2.45. The quantitative estimate of drug-likeness (QED) is 0.907. The van der Waals surface area contributed by atoms with Crippen molar-refractivity contribution in [2.24, 2.45) is 0 Å². The monoisotopic (exact) mass is 309 g/mol. The summed E-state index contributed by atoms with van der Waals surface area (Å²) in [6.45, 7) is 6.90. The number of aryl methyl sites for hydroxylation is 1. The van der Waals surface area contributed by atoms with Crippen LogP contribution >= 0.6 is 0 Å². The Hall–Kier alpha value is -0.870. The summed E-state index contributed by atoms with van der Waals surface area (Å²) in [5.74, 6) is 1.65. The van der Waals surface area contributed by atoms with Gasteiger partial charge in [0.2, 0.25) is 0 Å². The van der Waals surface area contributed by atoms with Crippen molar-refractivity contribution in [2.75, 3.05) is 19.4 Å². The minimum Gasteiger partial charge on any atom is -0.497 e. The van der Waals surface area contributed by atoms with Crippen LogP contribution in [0.15, 0.2) is 18.2 Å². The van der Waals surface area contributed by atoms with Gasteiger partial charge in [0.05, 0.1) is 7.11 Å². The molecule has 0 heterocycles. The Labute approximate surface area is 130 Å². The van der Waals surface area contributed by atoms with E-state index in [0.717, 1.165) is 25.1 Å². The van der Waals surface area contributed by atoms with Crippen LogP contribution in [0.1, 0.15) is 50.8 Å². The second-order valence-electron chi connectivity index (χ2n) is 6.63. The fraction of sp³-hybridized carbons (Fsp3) is 0.647. The second kappa shape index (κ2) is 6.93. The molecule has 3 nitrogen and oxygen atoms in total. The van der Waals surface area contributed by atoms with Crippen molar-refractivity contribution >= 4 is 10.8 Å². The maximum atomic E-state index is 12.1. The number of benzene rings is 1. The fourth-order valence-electron chi connectivity index (χ4n) is 2.76. The third-order valence-electron chi connectivity index (χ3n) is 4.03. The van der Waals surface area contributed by atoms with Gasteiger partial charge >= 0.3 is 0 Å². The SMILES string of the molecule is COc1ccc2c(c1)CCC[C@@H]2NCC[S@](=O)C(C)(C)C. The molecule has 118 valence electrons. The highest BCUT2D eigenvalue weighted by molar-refractivity contribution is 7.86. The van der Waals surface area contributed by atoms with Gasteiger partial charge in [-0.2, -0.15) is 0 Å². The van der Waals surface area contributed by atoms with E-state index >= 15 is 0 Å². The zero-order valence-corrected chi connectivity index (χ0v) is 14.4. The summed E-state index contributed by atoms with van der Waals surface area (Å²) in [5, 5.41) is 3.58. The van der Waals surface area contributed by atoms with Gasteiger partial charge in [0.25, 0.3) is 0 Å². The molecule has 1 aliphatic carbocycles. The van der Waals surface area contributed by atoms with Crippen LogP contribution in [-0.2, 0) is 17.2 Å². The number of rotatable bonds is 5. The molecule has 0 aromatic heterocycles. The summed E-state index contributed by atoms with van der Waals surface area (Å²) < 4.78 is 17.3. The zero-order valence-electron chi connectivity index (χ0n) is 13.6. The highest BCUT2D eigenvalue weighted by Crippen LogP contribution is 2.32. The maximum absolute atomic E-state index is 12.1. The van der Waals surface area contributed by atoms with Crippen LogP contribution < -0.4 is 10.1 Å². The molecule has 0 saturated heterocycles. The Morgan fingerprint density at radius 1 is 1.38 bits per heavy atom. The first-order valence-electron chi connectivity index (χ1n) is 7.70. The molecule has 0 unspecified atom stereocenters. The van der Waals surface area contributed by atoms with Crippen molar-refractivity contribution in [3.8, 4) is 5.75 Å². The average molecular weight is 309 g/mol. The van der Waals surface area contributed by atoms with Gasteiger partial charge in [-0.05, 0) is 63.3 Å². The van der Waals surface area contributed by atoms with Crippen molar-refractivity contribution in [1.29, 1.82) is 0 Å². The highest BCUT2D eigenvalue weighted by Gasteiger charge is 2.22. The van der Waals surface area contributed by atoms with Gasteiger partial charge in [-0.25, -0.2) is 0 Å². The second-order valence-corrected chi connectivity index (χ2v) is 8.95. The minimum absolute atomic E-state index is 0.125. The number of fused-ring (bicyclic) bond motifs is 1. The first-order chi connectivity index (χ1) is 9.91. The van der Waals surface area contributed by atoms with Crippen LogP contribution in [0.3, 0.4) is 0 Å². The van der Waals surface area contributed by atoms with Gasteiger partial charge in [0.15, 0.2) is 0 Å². The number of nitrogens with one attached hydrogen (secondary N) is 1. The fourth-order valence-corrected chi connectivity index (χ4v) is 3.68. The van der Waals surface area contributed by atoms with Gasteiger partial charge in [0.1, 0.15) is 5.75 Å². The summed E-state index contributed by atoms with van der Waals surface area (Å²) in [6.07, 6.45) is 3.47. The van der Waals surface area contributed by atoms with E-state index in [1.807, 2.05) is 26.8 Å². The molecular weight excluding hydrogens is 282 g/mol. The largest absolute Gasteiger partial charge is 0.497 e. The normalized spacial score (nSPS) is 19.9. The molecular formula is C17H27NO2S. The molecule has 21 heavy (non-hydrogen) atoms. The number of hydrogen-bond donors (Lipinski definition) is 1. The third kappa shape index (κ3) is 4.30. The lowest BCUT2D eigenvalue weighted by atomic mass is 9.87. The summed E-state index contributed by atoms with van der Waals surface area (Å²) in [7, 11) is 0.923. The van der Waals surface area contributed by atoms with Crippen molar-refractivity contribution in [3.63, 3.8) is 0 Å². The lowest BCUT2D eigenvalue weighted by molar-refractivity contribution is 0.411. The molecule has 0 amide bonds. The van der Waals surface area contributed by atoms with Crippen molar-refractivity contribution in [3.05, 3.63) is 29.3 Å². The van der Waals surface area contributed by atoms with E-state index < -0.39 is 10.8 Å². The molecule has 1 aromatic rings. The van der Waals surface area contributed by atoms with Crippen LogP contribution in [0.2, 0.25) is 0 Å². The summed E-state index contributed by atoms with van der Waals surface area (Å²) in [4.78, 5) is 0. The zero-order chi connectivity index (χ0) is 15.5. The lowest BCUT2D eigenvalue weighted by Gasteiger charge is -2.27. The van der Waals surface area contributed by atoms with Gasteiger partial charge in [-0.1, -0.05) is 6.07 Å². The Morgan fingerprint density at radius 2 is 2.14 bits per heavy atom. The predicted molar refractivity (Wildman–Crippen MR) is 89.4 cm³/mol. The number of ether oxygens (including phenoxy) is 1. The summed E-state index contributed by atoms with van der Waals surface area (Å²) in [6, 6.07) is 6.74. The Kier molecular flexibility index (Phi) is 5.44. The number of methoxy groups -OCH3 is 1. The van der Waals surface area contributed by atoms with Gasteiger partial charge in [0, 0.05) is 33.9 Å². The molecule has 0 spiro atoms. The predicted octanol–water partition coefficient (Wildman–Crippen LogP) is 3.21. The lowest BCUT2D eigenvalue weighted by Crippen LogP contribution is -2.32. The Balaban J connectivity index is 1.96. The standard InChI is InChI=1S/C17H27NO2S/c1-17(2,3)21(19)11-10-18-16-7-5-6-13-12-14(20-4)8-9-15(13)16/h8-9,12,16,18H,5-7,10-11H2,1-4H3/t16-,21-/m0/s1. The first kappa shape index (κ1) is 16.5. The van der Waals surface area contributed by atoms with E-state index in [1.54, 1.807) is 7.11 Å². The van der Waals surface area contributed by atoms with Crippen LogP contribution in [0.4, 0.5) is 0 Å². The molecule has 2 rings (SSSR count). The minimum atomic E-state index is -0.787. The van der Waals surface area contributed by atoms with E-state index in [2.05, 4.69) is 17.4 Å².